The summed E-state index contributed by atoms with van der Waals surface area (Å²) in [6.45, 7) is 7.60. The van der Waals surface area contributed by atoms with Crippen molar-refractivity contribution in [2.75, 3.05) is 18.0 Å². The number of aryl methyl sites for hydroxylation is 3. The molecule has 9 heteroatoms. The third-order valence-corrected chi connectivity index (χ3v) is 5.59. The highest BCUT2D eigenvalue weighted by Gasteiger charge is 2.24. The average Bonchev–Trinajstić information content (AvgIpc) is 3.13. The lowest BCUT2D eigenvalue weighted by atomic mass is 10.1. The summed E-state index contributed by atoms with van der Waals surface area (Å²) in [6.07, 6.45) is 3.35. The van der Waals surface area contributed by atoms with Gasteiger partial charge in [-0.1, -0.05) is 5.92 Å². The minimum absolute atomic E-state index is 0.00759. The lowest BCUT2D eigenvalue weighted by Gasteiger charge is -2.27. The molecule has 0 N–H and O–H groups in total. The van der Waals surface area contributed by atoms with E-state index in [-0.39, 0.29) is 6.54 Å². The van der Waals surface area contributed by atoms with Crippen molar-refractivity contribution in [1.29, 1.82) is 0 Å². The molecular formula is C22H27N7O2. The smallest absolute Gasteiger partial charge is 0.332 e. The van der Waals surface area contributed by atoms with E-state index in [1.807, 2.05) is 24.5 Å². The van der Waals surface area contributed by atoms with E-state index in [4.69, 9.17) is 4.98 Å². The molecule has 4 heterocycles. The molecule has 9 nitrogen and oxygen atoms in total. The molecule has 0 aromatic carbocycles. The van der Waals surface area contributed by atoms with Crippen LogP contribution in [0.3, 0.4) is 0 Å². The van der Waals surface area contributed by atoms with Crippen molar-refractivity contribution < 1.29 is 0 Å². The Morgan fingerprint density at radius 3 is 2.32 bits per heavy atom. The summed E-state index contributed by atoms with van der Waals surface area (Å²) >= 11 is 0. The summed E-state index contributed by atoms with van der Waals surface area (Å²) in [6, 6.07) is 1.86. The van der Waals surface area contributed by atoms with Crippen LogP contribution < -0.4 is 16.1 Å². The monoisotopic (exact) mass is 421 g/mol. The van der Waals surface area contributed by atoms with Gasteiger partial charge in [-0.2, -0.15) is 4.98 Å². The molecule has 0 atom stereocenters. The van der Waals surface area contributed by atoms with Crippen LogP contribution in [0.1, 0.15) is 43.4 Å². The van der Waals surface area contributed by atoms with Crippen LogP contribution in [-0.4, -0.2) is 41.7 Å². The fraction of sp³-hybridized carbons (Fsp3) is 0.500. The van der Waals surface area contributed by atoms with E-state index in [9.17, 15) is 9.59 Å². The Morgan fingerprint density at radius 2 is 1.68 bits per heavy atom. The molecule has 4 rings (SSSR count). The third-order valence-electron chi connectivity index (χ3n) is 5.59. The van der Waals surface area contributed by atoms with Crippen molar-refractivity contribution in [2.45, 2.75) is 53.1 Å². The highest BCUT2D eigenvalue weighted by atomic mass is 16.2. The third kappa shape index (κ3) is 3.85. The van der Waals surface area contributed by atoms with Gasteiger partial charge in [-0.05, 0) is 46.1 Å². The maximum absolute atomic E-state index is 13.5. The van der Waals surface area contributed by atoms with E-state index in [1.165, 1.54) is 15.6 Å². The molecule has 0 saturated carbocycles. The fourth-order valence-electron chi connectivity index (χ4n) is 4.15. The standard InChI is InChI=1S/C22H27N7O2/c1-5-6-12-28-18-19(25-21(28)27-10-8-7-9-11-27)26(4)22(31)29(20(18)30)14-17-23-15(2)13-16(3)24-17/h13H,7-12,14H2,1-4H3. The molecule has 1 fully saturated rings. The van der Waals surface area contributed by atoms with Gasteiger partial charge >= 0.3 is 5.69 Å². The van der Waals surface area contributed by atoms with Crippen LogP contribution in [0.4, 0.5) is 5.95 Å². The van der Waals surface area contributed by atoms with Crippen LogP contribution >= 0.6 is 0 Å². The molecule has 1 saturated heterocycles. The molecule has 162 valence electrons. The molecule has 0 amide bonds. The van der Waals surface area contributed by atoms with Crippen molar-refractivity contribution in [1.82, 2.24) is 28.7 Å². The molecule has 1 aliphatic heterocycles. The predicted molar refractivity (Wildman–Crippen MR) is 119 cm³/mol. The minimum Gasteiger partial charge on any atom is -0.342 e. The lowest BCUT2D eigenvalue weighted by molar-refractivity contribution is 0.561. The van der Waals surface area contributed by atoms with Gasteiger partial charge in [0, 0.05) is 31.5 Å². The Hall–Kier alpha value is -3.41. The molecule has 31 heavy (non-hydrogen) atoms. The number of hydrogen-bond acceptors (Lipinski definition) is 6. The number of aromatic nitrogens is 6. The number of hydrogen-bond donors (Lipinski definition) is 0. The van der Waals surface area contributed by atoms with Crippen LogP contribution in [0, 0.1) is 25.7 Å². The number of fused-ring (bicyclic) bond motifs is 1. The second-order valence-corrected chi connectivity index (χ2v) is 7.94. The molecule has 1 aliphatic rings. The fourth-order valence-corrected chi connectivity index (χ4v) is 4.15. The first kappa shape index (κ1) is 20.8. The number of anilines is 1. The molecule has 0 bridgehead atoms. The molecule has 0 unspecified atom stereocenters. The van der Waals surface area contributed by atoms with E-state index in [0.717, 1.165) is 37.3 Å². The second kappa shape index (κ2) is 8.38. The quantitative estimate of drug-likeness (QED) is 0.591. The zero-order chi connectivity index (χ0) is 22.1. The summed E-state index contributed by atoms with van der Waals surface area (Å²) in [4.78, 5) is 42.3. The van der Waals surface area contributed by atoms with E-state index in [2.05, 4.69) is 26.7 Å². The highest BCUT2D eigenvalue weighted by molar-refractivity contribution is 5.74. The van der Waals surface area contributed by atoms with Gasteiger partial charge in [0.05, 0.1) is 13.1 Å². The number of piperidine rings is 1. The van der Waals surface area contributed by atoms with Gasteiger partial charge in [-0.15, -0.1) is 5.92 Å². The van der Waals surface area contributed by atoms with Crippen molar-refractivity contribution in [2.24, 2.45) is 7.05 Å². The van der Waals surface area contributed by atoms with Gasteiger partial charge in [-0.25, -0.2) is 14.8 Å². The van der Waals surface area contributed by atoms with Gasteiger partial charge in [0.25, 0.3) is 5.56 Å². The largest absolute Gasteiger partial charge is 0.342 e. The first-order chi connectivity index (χ1) is 14.9. The van der Waals surface area contributed by atoms with E-state index in [1.54, 1.807) is 14.0 Å². The molecule has 0 spiro atoms. The van der Waals surface area contributed by atoms with Crippen molar-refractivity contribution in [3.8, 4) is 11.8 Å². The maximum Gasteiger partial charge on any atom is 0.332 e. The molecule has 3 aromatic heterocycles. The van der Waals surface area contributed by atoms with Crippen molar-refractivity contribution in [3.05, 3.63) is 44.1 Å². The molecule has 0 radical (unpaired) electrons. The Labute approximate surface area is 180 Å². The Morgan fingerprint density at radius 1 is 1.00 bits per heavy atom. The number of imidazole rings is 1. The van der Waals surface area contributed by atoms with Crippen LogP contribution in [0.5, 0.6) is 0 Å². The SMILES string of the molecule is CC#CCn1c(N2CCCCC2)nc2c1c(=O)n(Cc1nc(C)cc(C)n1)c(=O)n2C. The van der Waals surface area contributed by atoms with Gasteiger partial charge in [0.2, 0.25) is 5.95 Å². The summed E-state index contributed by atoms with van der Waals surface area (Å²) < 4.78 is 4.47. The first-order valence-electron chi connectivity index (χ1n) is 10.6. The molecule has 3 aromatic rings. The van der Waals surface area contributed by atoms with Crippen molar-refractivity contribution >= 4 is 17.1 Å². The van der Waals surface area contributed by atoms with Crippen LogP contribution in [0.25, 0.3) is 11.2 Å². The number of nitrogens with zero attached hydrogens (tertiary/aromatic N) is 7. The van der Waals surface area contributed by atoms with Crippen LogP contribution in [0.2, 0.25) is 0 Å². The summed E-state index contributed by atoms with van der Waals surface area (Å²) in [5, 5.41) is 0. The second-order valence-electron chi connectivity index (χ2n) is 7.94. The van der Waals surface area contributed by atoms with Gasteiger partial charge in [0.15, 0.2) is 11.2 Å². The average molecular weight is 422 g/mol. The zero-order valence-electron chi connectivity index (χ0n) is 18.5. The topological polar surface area (TPSA) is 90.8 Å². The van der Waals surface area contributed by atoms with E-state index < -0.39 is 11.2 Å². The normalized spacial score (nSPS) is 14.0. The van der Waals surface area contributed by atoms with Gasteiger partial charge in [-0.3, -0.25) is 18.5 Å². The van der Waals surface area contributed by atoms with Crippen LogP contribution in [0.15, 0.2) is 15.7 Å². The number of rotatable bonds is 4. The highest BCUT2D eigenvalue weighted by Crippen LogP contribution is 2.23. The summed E-state index contributed by atoms with van der Waals surface area (Å²) in [7, 11) is 1.64. The molecular weight excluding hydrogens is 394 g/mol. The lowest BCUT2D eigenvalue weighted by Crippen LogP contribution is -2.40. The zero-order valence-corrected chi connectivity index (χ0v) is 18.5. The molecule has 0 aliphatic carbocycles. The van der Waals surface area contributed by atoms with Crippen LogP contribution in [-0.2, 0) is 20.1 Å². The predicted octanol–water partition coefficient (Wildman–Crippen LogP) is 1.37. The van der Waals surface area contributed by atoms with Gasteiger partial charge in [0.1, 0.15) is 5.82 Å². The Bertz CT molecular complexity index is 1290. The van der Waals surface area contributed by atoms with E-state index >= 15 is 0 Å². The van der Waals surface area contributed by atoms with Gasteiger partial charge < -0.3 is 4.90 Å². The van der Waals surface area contributed by atoms with Crippen molar-refractivity contribution in [3.63, 3.8) is 0 Å². The Kier molecular flexibility index (Phi) is 5.63. The Balaban J connectivity index is 1.93. The minimum atomic E-state index is -0.434. The maximum atomic E-state index is 13.5. The van der Waals surface area contributed by atoms with E-state index in [0.29, 0.717) is 29.5 Å². The summed E-state index contributed by atoms with van der Waals surface area (Å²) in [5.41, 5.74) is 1.53. The first-order valence-corrected chi connectivity index (χ1v) is 10.6. The summed E-state index contributed by atoms with van der Waals surface area (Å²) in [5.74, 6) is 7.09.